The van der Waals surface area contributed by atoms with Crippen LogP contribution in [0.15, 0.2) is 30.3 Å². The predicted octanol–water partition coefficient (Wildman–Crippen LogP) is 4.22. The second-order valence-corrected chi connectivity index (χ2v) is 6.70. The summed E-state index contributed by atoms with van der Waals surface area (Å²) >= 11 is 0. The zero-order valence-corrected chi connectivity index (χ0v) is 13.2. The number of nitrogens with zero attached hydrogens (tertiary/aromatic N) is 1. The summed E-state index contributed by atoms with van der Waals surface area (Å²) in [5.41, 5.74) is 1.21. The molecule has 0 aliphatic carbocycles. The van der Waals surface area contributed by atoms with E-state index in [1.807, 2.05) is 35.2 Å². The molecular weight excluding hydrogens is 246 g/mol. The molecule has 2 nitrogen and oxygen atoms in total. The van der Waals surface area contributed by atoms with Crippen molar-refractivity contribution in [3.63, 3.8) is 0 Å². The third kappa shape index (κ3) is 2.74. The monoisotopic (exact) mass is 273 g/mol. The van der Waals surface area contributed by atoms with Crippen LogP contribution in [0.4, 0.5) is 0 Å². The van der Waals surface area contributed by atoms with E-state index in [1.165, 1.54) is 0 Å². The molecule has 1 aliphatic rings. The molecule has 1 aromatic rings. The lowest BCUT2D eigenvalue weighted by Crippen LogP contribution is -2.47. The van der Waals surface area contributed by atoms with Gasteiger partial charge in [-0.25, -0.2) is 0 Å². The SMILES string of the molecule is CC(C)C1(C(C)C)CCN(C(=O)c2ccccc2)CC1. The first-order chi connectivity index (χ1) is 9.47. The molecular formula is C18H27NO. The Labute approximate surface area is 123 Å². The van der Waals surface area contributed by atoms with E-state index in [4.69, 9.17) is 0 Å². The Morgan fingerprint density at radius 1 is 1.00 bits per heavy atom. The Bertz CT molecular complexity index is 432. The topological polar surface area (TPSA) is 20.3 Å². The van der Waals surface area contributed by atoms with Gasteiger partial charge in [0.05, 0.1) is 0 Å². The summed E-state index contributed by atoms with van der Waals surface area (Å²) in [7, 11) is 0. The first-order valence-electron chi connectivity index (χ1n) is 7.81. The Hall–Kier alpha value is -1.31. The van der Waals surface area contributed by atoms with Crippen molar-refractivity contribution in [2.24, 2.45) is 17.3 Å². The van der Waals surface area contributed by atoms with Gasteiger partial charge in [-0.2, -0.15) is 0 Å². The molecule has 0 atom stereocenters. The quantitative estimate of drug-likeness (QED) is 0.807. The summed E-state index contributed by atoms with van der Waals surface area (Å²) in [6, 6.07) is 9.65. The van der Waals surface area contributed by atoms with Gasteiger partial charge in [0, 0.05) is 18.7 Å². The molecule has 1 aromatic carbocycles. The molecule has 1 heterocycles. The van der Waals surface area contributed by atoms with Crippen molar-refractivity contribution in [2.75, 3.05) is 13.1 Å². The third-order valence-corrected chi connectivity index (χ3v) is 5.30. The van der Waals surface area contributed by atoms with Gasteiger partial charge in [0.25, 0.3) is 5.91 Å². The van der Waals surface area contributed by atoms with E-state index in [0.29, 0.717) is 17.3 Å². The molecule has 20 heavy (non-hydrogen) atoms. The number of hydrogen-bond acceptors (Lipinski definition) is 1. The van der Waals surface area contributed by atoms with E-state index in [-0.39, 0.29) is 5.91 Å². The fourth-order valence-corrected chi connectivity index (χ4v) is 3.71. The van der Waals surface area contributed by atoms with Crippen molar-refractivity contribution in [1.29, 1.82) is 0 Å². The van der Waals surface area contributed by atoms with Crippen molar-refractivity contribution in [1.82, 2.24) is 4.90 Å². The molecule has 1 saturated heterocycles. The summed E-state index contributed by atoms with van der Waals surface area (Å²) in [5, 5.41) is 0. The zero-order valence-electron chi connectivity index (χ0n) is 13.2. The first-order valence-corrected chi connectivity index (χ1v) is 7.81. The minimum Gasteiger partial charge on any atom is -0.339 e. The van der Waals surface area contributed by atoms with Crippen molar-refractivity contribution < 1.29 is 4.79 Å². The predicted molar refractivity (Wildman–Crippen MR) is 83.7 cm³/mol. The number of rotatable bonds is 3. The van der Waals surface area contributed by atoms with Crippen LogP contribution in [-0.2, 0) is 0 Å². The average Bonchev–Trinajstić information content (AvgIpc) is 2.47. The molecule has 1 fully saturated rings. The second-order valence-electron chi connectivity index (χ2n) is 6.70. The van der Waals surface area contributed by atoms with Crippen molar-refractivity contribution in [3.05, 3.63) is 35.9 Å². The maximum atomic E-state index is 12.5. The van der Waals surface area contributed by atoms with Crippen LogP contribution in [0.1, 0.15) is 50.9 Å². The lowest BCUT2D eigenvalue weighted by Gasteiger charge is -2.47. The maximum Gasteiger partial charge on any atom is 0.253 e. The van der Waals surface area contributed by atoms with Gasteiger partial charge in [-0.1, -0.05) is 45.9 Å². The Kier molecular flexibility index (Phi) is 4.52. The number of benzene rings is 1. The largest absolute Gasteiger partial charge is 0.339 e. The molecule has 0 bridgehead atoms. The van der Waals surface area contributed by atoms with E-state index in [0.717, 1.165) is 31.5 Å². The molecule has 1 amide bonds. The lowest BCUT2D eigenvalue weighted by atomic mass is 9.63. The summed E-state index contributed by atoms with van der Waals surface area (Å²) in [4.78, 5) is 14.5. The van der Waals surface area contributed by atoms with Crippen LogP contribution in [-0.4, -0.2) is 23.9 Å². The molecule has 1 aliphatic heterocycles. The van der Waals surface area contributed by atoms with E-state index >= 15 is 0 Å². The van der Waals surface area contributed by atoms with E-state index in [9.17, 15) is 4.79 Å². The highest BCUT2D eigenvalue weighted by Crippen LogP contribution is 2.45. The van der Waals surface area contributed by atoms with Crippen molar-refractivity contribution in [3.8, 4) is 0 Å². The average molecular weight is 273 g/mol. The molecule has 0 unspecified atom stereocenters. The molecule has 2 rings (SSSR count). The third-order valence-electron chi connectivity index (χ3n) is 5.30. The number of carbonyl (C=O) groups is 1. The van der Waals surface area contributed by atoms with Crippen LogP contribution < -0.4 is 0 Å². The minimum absolute atomic E-state index is 0.187. The fourth-order valence-electron chi connectivity index (χ4n) is 3.71. The van der Waals surface area contributed by atoms with Gasteiger partial charge in [0.2, 0.25) is 0 Å². The van der Waals surface area contributed by atoms with Gasteiger partial charge >= 0.3 is 0 Å². The van der Waals surface area contributed by atoms with E-state index in [2.05, 4.69) is 27.7 Å². The number of hydrogen-bond donors (Lipinski definition) is 0. The Balaban J connectivity index is 2.06. The van der Waals surface area contributed by atoms with Crippen LogP contribution in [0.5, 0.6) is 0 Å². The second kappa shape index (κ2) is 5.99. The van der Waals surface area contributed by atoms with Gasteiger partial charge in [-0.3, -0.25) is 4.79 Å². The summed E-state index contributed by atoms with van der Waals surface area (Å²) in [6.07, 6.45) is 2.25. The maximum absolute atomic E-state index is 12.5. The van der Waals surface area contributed by atoms with Crippen LogP contribution in [0.3, 0.4) is 0 Å². The summed E-state index contributed by atoms with van der Waals surface area (Å²) in [5.74, 6) is 1.54. The van der Waals surface area contributed by atoms with Crippen molar-refractivity contribution >= 4 is 5.91 Å². The van der Waals surface area contributed by atoms with Gasteiger partial charge in [-0.05, 0) is 42.2 Å². The van der Waals surface area contributed by atoms with Crippen LogP contribution in [0.25, 0.3) is 0 Å². The molecule has 0 radical (unpaired) electrons. The van der Waals surface area contributed by atoms with Crippen LogP contribution in [0.2, 0.25) is 0 Å². The lowest BCUT2D eigenvalue weighted by molar-refractivity contribution is 0.0183. The van der Waals surface area contributed by atoms with Gasteiger partial charge < -0.3 is 4.90 Å². The number of piperidine rings is 1. The number of carbonyl (C=O) groups excluding carboxylic acids is 1. The van der Waals surface area contributed by atoms with Gasteiger partial charge in [0.15, 0.2) is 0 Å². The molecule has 0 spiro atoms. The van der Waals surface area contributed by atoms with Gasteiger partial charge in [0.1, 0.15) is 0 Å². The van der Waals surface area contributed by atoms with Crippen molar-refractivity contribution in [2.45, 2.75) is 40.5 Å². The Morgan fingerprint density at radius 3 is 1.95 bits per heavy atom. The Morgan fingerprint density at radius 2 is 1.50 bits per heavy atom. The number of amides is 1. The number of likely N-dealkylation sites (tertiary alicyclic amines) is 1. The highest BCUT2D eigenvalue weighted by atomic mass is 16.2. The molecule has 0 aromatic heterocycles. The molecule has 0 saturated carbocycles. The van der Waals surface area contributed by atoms with E-state index in [1.54, 1.807) is 0 Å². The molecule has 0 N–H and O–H groups in total. The summed E-state index contributed by atoms with van der Waals surface area (Å²) < 4.78 is 0. The fraction of sp³-hybridized carbons (Fsp3) is 0.611. The molecule has 110 valence electrons. The first kappa shape index (κ1) is 15.1. The molecule has 2 heteroatoms. The standard InChI is InChI=1S/C18H27NO/c1-14(2)18(15(3)4)10-12-19(13-11-18)17(20)16-8-6-5-7-9-16/h5-9,14-15H,10-13H2,1-4H3. The smallest absolute Gasteiger partial charge is 0.253 e. The van der Waals surface area contributed by atoms with Crippen LogP contribution in [0, 0.1) is 17.3 Å². The minimum atomic E-state index is 0.187. The highest BCUT2D eigenvalue weighted by molar-refractivity contribution is 5.94. The van der Waals surface area contributed by atoms with Crippen LogP contribution >= 0.6 is 0 Å². The normalized spacial score (nSPS) is 18.6. The highest BCUT2D eigenvalue weighted by Gasteiger charge is 2.40. The van der Waals surface area contributed by atoms with Gasteiger partial charge in [-0.15, -0.1) is 0 Å². The zero-order chi connectivity index (χ0) is 14.8. The van der Waals surface area contributed by atoms with E-state index < -0.39 is 0 Å². The summed E-state index contributed by atoms with van der Waals surface area (Å²) in [6.45, 7) is 11.1.